The van der Waals surface area contributed by atoms with Gasteiger partial charge < -0.3 is 14.8 Å². The molecular weight excluding hydrogens is 210 g/mol. The highest BCUT2D eigenvalue weighted by molar-refractivity contribution is 5.84. The summed E-state index contributed by atoms with van der Waals surface area (Å²) < 4.78 is 9.57. The fourth-order valence-corrected chi connectivity index (χ4v) is 1.26. The SMILES string of the molecule is CCOCC(=O)N[C@@H](CC(C)C)C(=O)OC. The van der Waals surface area contributed by atoms with Crippen LogP contribution in [0.25, 0.3) is 0 Å². The molecule has 0 aromatic carbocycles. The summed E-state index contributed by atoms with van der Waals surface area (Å²) in [6, 6.07) is -0.585. The van der Waals surface area contributed by atoms with Crippen LogP contribution in [0.15, 0.2) is 0 Å². The molecule has 1 N–H and O–H groups in total. The van der Waals surface area contributed by atoms with Crippen molar-refractivity contribution in [2.45, 2.75) is 33.2 Å². The summed E-state index contributed by atoms with van der Waals surface area (Å²) in [6.07, 6.45) is 0.560. The molecule has 0 unspecified atom stereocenters. The summed E-state index contributed by atoms with van der Waals surface area (Å²) in [5, 5.41) is 2.60. The predicted molar refractivity (Wildman–Crippen MR) is 59.9 cm³/mol. The second-order valence-corrected chi connectivity index (χ2v) is 3.91. The number of carbonyl (C=O) groups is 2. The third-order valence-electron chi connectivity index (χ3n) is 1.97. The van der Waals surface area contributed by atoms with Crippen LogP contribution < -0.4 is 5.32 Å². The summed E-state index contributed by atoms with van der Waals surface area (Å²) in [6.45, 7) is 6.21. The Morgan fingerprint density at radius 3 is 2.38 bits per heavy atom. The molecule has 0 aromatic rings. The molecule has 0 spiro atoms. The quantitative estimate of drug-likeness (QED) is 0.656. The molecule has 0 saturated heterocycles. The van der Waals surface area contributed by atoms with Crippen LogP contribution in [0.1, 0.15) is 27.2 Å². The molecule has 94 valence electrons. The number of amides is 1. The topological polar surface area (TPSA) is 64.6 Å². The molecule has 0 aliphatic carbocycles. The van der Waals surface area contributed by atoms with Gasteiger partial charge in [-0.2, -0.15) is 0 Å². The molecular formula is C11H21NO4. The van der Waals surface area contributed by atoms with Gasteiger partial charge in [-0.3, -0.25) is 4.79 Å². The Morgan fingerprint density at radius 1 is 1.31 bits per heavy atom. The van der Waals surface area contributed by atoms with E-state index in [0.717, 1.165) is 0 Å². The molecule has 0 fully saturated rings. The molecule has 5 heteroatoms. The van der Waals surface area contributed by atoms with Crippen LogP contribution in [-0.2, 0) is 19.1 Å². The van der Waals surface area contributed by atoms with Gasteiger partial charge in [-0.25, -0.2) is 4.79 Å². The van der Waals surface area contributed by atoms with Crippen LogP contribution in [0.4, 0.5) is 0 Å². The first kappa shape index (κ1) is 14.9. The zero-order valence-corrected chi connectivity index (χ0v) is 10.4. The highest BCUT2D eigenvalue weighted by atomic mass is 16.5. The Labute approximate surface area is 96.5 Å². The first-order valence-corrected chi connectivity index (χ1v) is 5.46. The van der Waals surface area contributed by atoms with Gasteiger partial charge in [-0.1, -0.05) is 13.8 Å². The first-order chi connectivity index (χ1) is 7.51. The second-order valence-electron chi connectivity index (χ2n) is 3.91. The molecule has 1 amide bonds. The summed E-state index contributed by atoms with van der Waals surface area (Å²) in [7, 11) is 1.31. The van der Waals surface area contributed by atoms with Gasteiger partial charge in [0, 0.05) is 6.61 Å². The van der Waals surface area contributed by atoms with Gasteiger partial charge in [0.05, 0.1) is 7.11 Å². The van der Waals surface area contributed by atoms with Gasteiger partial charge >= 0.3 is 5.97 Å². The third-order valence-corrected chi connectivity index (χ3v) is 1.97. The molecule has 0 aromatic heterocycles. The summed E-state index contributed by atoms with van der Waals surface area (Å²) in [5.41, 5.74) is 0. The van der Waals surface area contributed by atoms with Crippen molar-refractivity contribution in [3.05, 3.63) is 0 Å². The van der Waals surface area contributed by atoms with E-state index in [1.807, 2.05) is 13.8 Å². The molecule has 0 radical (unpaired) electrons. The van der Waals surface area contributed by atoms with E-state index >= 15 is 0 Å². The molecule has 0 bridgehead atoms. The second kappa shape index (κ2) is 8.10. The lowest BCUT2D eigenvalue weighted by atomic mass is 10.0. The van der Waals surface area contributed by atoms with Gasteiger partial charge in [0.15, 0.2) is 0 Å². The molecule has 0 heterocycles. The van der Waals surface area contributed by atoms with Gasteiger partial charge in [0.2, 0.25) is 5.91 Å². The van der Waals surface area contributed by atoms with Crippen molar-refractivity contribution in [2.75, 3.05) is 20.3 Å². The van der Waals surface area contributed by atoms with E-state index in [1.165, 1.54) is 7.11 Å². The van der Waals surface area contributed by atoms with E-state index in [0.29, 0.717) is 18.9 Å². The lowest BCUT2D eigenvalue weighted by molar-refractivity contribution is -0.146. The number of hydrogen-bond donors (Lipinski definition) is 1. The van der Waals surface area contributed by atoms with E-state index < -0.39 is 12.0 Å². The number of methoxy groups -OCH3 is 1. The third kappa shape index (κ3) is 6.40. The monoisotopic (exact) mass is 231 g/mol. The molecule has 1 atom stereocenters. The van der Waals surface area contributed by atoms with Gasteiger partial charge in [-0.05, 0) is 19.3 Å². The minimum Gasteiger partial charge on any atom is -0.467 e. The number of esters is 1. The Morgan fingerprint density at radius 2 is 1.94 bits per heavy atom. The van der Waals surface area contributed by atoms with Crippen molar-refractivity contribution in [1.82, 2.24) is 5.32 Å². The number of hydrogen-bond acceptors (Lipinski definition) is 4. The van der Waals surface area contributed by atoms with Crippen LogP contribution in [0.2, 0.25) is 0 Å². The van der Waals surface area contributed by atoms with Crippen molar-refractivity contribution in [3.63, 3.8) is 0 Å². The van der Waals surface area contributed by atoms with E-state index in [4.69, 9.17) is 4.74 Å². The fourth-order valence-electron chi connectivity index (χ4n) is 1.26. The van der Waals surface area contributed by atoms with E-state index in [-0.39, 0.29) is 12.5 Å². The largest absolute Gasteiger partial charge is 0.467 e. The van der Waals surface area contributed by atoms with Gasteiger partial charge in [-0.15, -0.1) is 0 Å². The first-order valence-electron chi connectivity index (χ1n) is 5.46. The minimum absolute atomic E-state index is 0.0257. The van der Waals surface area contributed by atoms with Gasteiger partial charge in [0.1, 0.15) is 12.6 Å². The molecule has 0 aliphatic heterocycles. The average molecular weight is 231 g/mol. The maximum Gasteiger partial charge on any atom is 0.328 e. The van der Waals surface area contributed by atoms with Crippen molar-refractivity contribution >= 4 is 11.9 Å². The smallest absolute Gasteiger partial charge is 0.328 e. The Kier molecular flexibility index (Phi) is 7.54. The summed E-state index contributed by atoms with van der Waals surface area (Å²) >= 11 is 0. The predicted octanol–water partition coefficient (Wildman–Crippen LogP) is 0.727. The molecule has 0 saturated carbocycles. The van der Waals surface area contributed by atoms with Crippen molar-refractivity contribution < 1.29 is 19.1 Å². The highest BCUT2D eigenvalue weighted by Crippen LogP contribution is 2.06. The molecule has 0 rings (SSSR count). The van der Waals surface area contributed by atoms with Crippen molar-refractivity contribution in [2.24, 2.45) is 5.92 Å². The maximum absolute atomic E-state index is 11.4. The fraction of sp³-hybridized carbons (Fsp3) is 0.818. The van der Waals surface area contributed by atoms with Crippen molar-refractivity contribution in [3.8, 4) is 0 Å². The number of nitrogens with one attached hydrogen (secondary N) is 1. The highest BCUT2D eigenvalue weighted by Gasteiger charge is 2.22. The Balaban J connectivity index is 4.19. The maximum atomic E-state index is 11.4. The molecule has 0 aliphatic rings. The van der Waals surface area contributed by atoms with E-state index in [1.54, 1.807) is 6.92 Å². The number of rotatable bonds is 7. The zero-order valence-electron chi connectivity index (χ0n) is 10.4. The van der Waals surface area contributed by atoms with Crippen molar-refractivity contribution in [1.29, 1.82) is 0 Å². The molecule has 16 heavy (non-hydrogen) atoms. The zero-order chi connectivity index (χ0) is 12.6. The van der Waals surface area contributed by atoms with Crippen LogP contribution in [0.5, 0.6) is 0 Å². The summed E-state index contributed by atoms with van der Waals surface area (Å²) in [4.78, 5) is 22.7. The Bertz CT molecular complexity index is 228. The van der Waals surface area contributed by atoms with Crippen LogP contribution in [-0.4, -0.2) is 38.2 Å². The van der Waals surface area contributed by atoms with Gasteiger partial charge in [0.25, 0.3) is 0 Å². The Hall–Kier alpha value is -1.10. The van der Waals surface area contributed by atoms with E-state index in [9.17, 15) is 9.59 Å². The average Bonchev–Trinajstić information content (AvgIpc) is 2.23. The lowest BCUT2D eigenvalue weighted by Crippen LogP contribution is -2.43. The minimum atomic E-state index is -0.585. The number of ether oxygens (including phenoxy) is 2. The standard InChI is InChI=1S/C11H21NO4/c1-5-16-7-10(13)12-9(6-8(2)3)11(14)15-4/h8-9H,5-7H2,1-4H3,(H,12,13)/t9-/m0/s1. The van der Waals surface area contributed by atoms with E-state index in [2.05, 4.69) is 10.1 Å². The van der Waals surface area contributed by atoms with Crippen LogP contribution in [0.3, 0.4) is 0 Å². The van der Waals surface area contributed by atoms with Crippen LogP contribution in [0, 0.1) is 5.92 Å². The lowest BCUT2D eigenvalue weighted by Gasteiger charge is -2.18. The van der Waals surface area contributed by atoms with Crippen LogP contribution >= 0.6 is 0 Å². The summed E-state index contributed by atoms with van der Waals surface area (Å²) in [5.74, 6) is -0.409. The molecule has 5 nitrogen and oxygen atoms in total. The number of carbonyl (C=O) groups excluding carboxylic acids is 2. The normalized spacial score (nSPS) is 12.3.